The Morgan fingerprint density at radius 2 is 2.37 bits per heavy atom. The molecular weight excluding hydrogens is 240 g/mol. The summed E-state index contributed by atoms with van der Waals surface area (Å²) in [6.07, 6.45) is 3.65. The number of benzene rings is 1. The zero-order valence-electron chi connectivity index (χ0n) is 10.7. The highest BCUT2D eigenvalue weighted by Crippen LogP contribution is 2.33. The predicted octanol–water partition coefficient (Wildman–Crippen LogP) is 1.84. The van der Waals surface area contributed by atoms with E-state index in [2.05, 4.69) is 11.2 Å². The largest absolute Gasteiger partial charge is 0.298 e. The molecule has 0 atom stereocenters. The molecule has 5 nitrogen and oxygen atoms in total. The number of hydrogen-bond donors (Lipinski definition) is 0. The van der Waals surface area contributed by atoms with E-state index in [4.69, 9.17) is 5.26 Å². The molecule has 1 aromatic carbocycles. The van der Waals surface area contributed by atoms with E-state index in [1.165, 1.54) is 0 Å². The fourth-order valence-corrected chi connectivity index (χ4v) is 2.24. The summed E-state index contributed by atoms with van der Waals surface area (Å²) < 4.78 is 1.79. The van der Waals surface area contributed by atoms with E-state index >= 15 is 0 Å². The fourth-order valence-electron chi connectivity index (χ4n) is 2.24. The number of rotatable bonds is 3. The second-order valence-electron chi connectivity index (χ2n) is 4.87. The summed E-state index contributed by atoms with van der Waals surface area (Å²) in [7, 11) is 1.88. The highest BCUT2D eigenvalue weighted by atomic mass is 16.2. The number of fused-ring (bicyclic) bond motifs is 1. The molecular formula is C14H14N4O. The first-order chi connectivity index (χ1) is 9.20. The molecule has 1 saturated carbocycles. The molecule has 0 saturated heterocycles. The molecule has 0 spiro atoms. The maximum absolute atomic E-state index is 12.2. The molecule has 1 heterocycles. The first kappa shape index (κ1) is 11.7. The van der Waals surface area contributed by atoms with Gasteiger partial charge in [0.1, 0.15) is 6.54 Å². The third-order valence-electron chi connectivity index (χ3n) is 3.46. The minimum Gasteiger partial charge on any atom is -0.298 e. The van der Waals surface area contributed by atoms with Gasteiger partial charge in [-0.2, -0.15) is 10.4 Å². The van der Waals surface area contributed by atoms with Gasteiger partial charge in [0.05, 0.1) is 17.8 Å². The summed E-state index contributed by atoms with van der Waals surface area (Å²) >= 11 is 0. The van der Waals surface area contributed by atoms with Gasteiger partial charge < -0.3 is 0 Å². The SMILES string of the molecule is Cn1ncc2cc(N(CC#N)C(=O)C3CC3)ccc21. The van der Waals surface area contributed by atoms with Gasteiger partial charge in [0.25, 0.3) is 0 Å². The van der Waals surface area contributed by atoms with Crippen molar-refractivity contribution in [3.05, 3.63) is 24.4 Å². The molecule has 1 fully saturated rings. The molecule has 0 N–H and O–H groups in total. The monoisotopic (exact) mass is 254 g/mol. The fraction of sp³-hybridized carbons (Fsp3) is 0.357. The van der Waals surface area contributed by atoms with Gasteiger partial charge in [0.2, 0.25) is 5.91 Å². The van der Waals surface area contributed by atoms with Crippen LogP contribution in [0.15, 0.2) is 24.4 Å². The molecule has 19 heavy (non-hydrogen) atoms. The van der Waals surface area contributed by atoms with Crippen LogP contribution in [0, 0.1) is 17.2 Å². The lowest BCUT2D eigenvalue weighted by Gasteiger charge is -2.19. The Kier molecular flexibility index (Phi) is 2.71. The van der Waals surface area contributed by atoms with Crippen molar-refractivity contribution < 1.29 is 4.79 Å². The summed E-state index contributed by atoms with van der Waals surface area (Å²) in [5.41, 5.74) is 1.79. The average molecular weight is 254 g/mol. The van der Waals surface area contributed by atoms with Gasteiger partial charge >= 0.3 is 0 Å². The summed E-state index contributed by atoms with van der Waals surface area (Å²) in [5.74, 6) is 0.169. The van der Waals surface area contributed by atoms with Crippen molar-refractivity contribution in [3.63, 3.8) is 0 Å². The highest BCUT2D eigenvalue weighted by molar-refractivity contribution is 5.98. The molecule has 1 aliphatic rings. The van der Waals surface area contributed by atoms with Crippen molar-refractivity contribution in [2.45, 2.75) is 12.8 Å². The third-order valence-corrected chi connectivity index (χ3v) is 3.46. The number of aryl methyl sites for hydroxylation is 1. The van der Waals surface area contributed by atoms with Gasteiger partial charge in [-0.25, -0.2) is 0 Å². The van der Waals surface area contributed by atoms with E-state index in [9.17, 15) is 4.79 Å². The van der Waals surface area contributed by atoms with Crippen LogP contribution in [0.4, 0.5) is 5.69 Å². The number of nitriles is 1. The average Bonchev–Trinajstić information content (AvgIpc) is 3.20. The minimum absolute atomic E-state index is 0.0600. The van der Waals surface area contributed by atoms with Gasteiger partial charge in [-0.1, -0.05) is 0 Å². The Bertz CT molecular complexity index is 678. The van der Waals surface area contributed by atoms with E-state index in [-0.39, 0.29) is 18.4 Å². The molecule has 5 heteroatoms. The van der Waals surface area contributed by atoms with Gasteiger partial charge in [-0.3, -0.25) is 14.4 Å². The Hall–Kier alpha value is -2.35. The first-order valence-corrected chi connectivity index (χ1v) is 6.31. The highest BCUT2D eigenvalue weighted by Gasteiger charge is 2.34. The molecule has 0 unspecified atom stereocenters. The maximum atomic E-state index is 12.2. The maximum Gasteiger partial charge on any atom is 0.231 e. The number of aromatic nitrogens is 2. The number of carbonyl (C=O) groups excluding carboxylic acids is 1. The van der Waals surface area contributed by atoms with Crippen LogP contribution >= 0.6 is 0 Å². The van der Waals surface area contributed by atoms with Crippen LogP contribution in [0.5, 0.6) is 0 Å². The molecule has 0 bridgehead atoms. The number of nitrogens with zero attached hydrogens (tertiary/aromatic N) is 4. The summed E-state index contributed by atoms with van der Waals surface area (Å²) in [5, 5.41) is 14.1. The van der Waals surface area contributed by atoms with E-state index in [0.717, 1.165) is 29.4 Å². The lowest BCUT2D eigenvalue weighted by molar-refractivity contribution is -0.119. The molecule has 1 amide bonds. The number of carbonyl (C=O) groups is 1. The Balaban J connectivity index is 1.99. The Labute approximate surface area is 111 Å². The third kappa shape index (κ3) is 2.06. The van der Waals surface area contributed by atoms with E-state index in [1.807, 2.05) is 25.2 Å². The molecule has 1 aromatic heterocycles. The van der Waals surface area contributed by atoms with Crippen molar-refractivity contribution in [2.24, 2.45) is 13.0 Å². The molecule has 0 radical (unpaired) electrons. The molecule has 1 aliphatic carbocycles. The first-order valence-electron chi connectivity index (χ1n) is 6.31. The number of anilines is 1. The molecule has 96 valence electrons. The van der Waals surface area contributed by atoms with Crippen molar-refractivity contribution in [1.29, 1.82) is 5.26 Å². The normalized spacial score (nSPS) is 14.3. The Morgan fingerprint density at radius 1 is 1.58 bits per heavy atom. The van der Waals surface area contributed by atoms with Crippen molar-refractivity contribution in [3.8, 4) is 6.07 Å². The standard InChI is InChI=1S/C14H14N4O/c1-17-13-5-4-12(8-11(13)9-16-17)18(7-6-15)14(19)10-2-3-10/h4-5,8-10H,2-3,7H2,1H3. The second-order valence-corrected chi connectivity index (χ2v) is 4.87. The zero-order chi connectivity index (χ0) is 13.4. The second kappa shape index (κ2) is 4.39. The van der Waals surface area contributed by atoms with E-state index in [0.29, 0.717) is 0 Å². The van der Waals surface area contributed by atoms with Gasteiger partial charge in [0, 0.05) is 24.0 Å². The molecule has 2 aromatic rings. The lowest BCUT2D eigenvalue weighted by atomic mass is 10.2. The van der Waals surface area contributed by atoms with Gasteiger partial charge in [-0.05, 0) is 31.0 Å². The van der Waals surface area contributed by atoms with E-state index < -0.39 is 0 Å². The topological polar surface area (TPSA) is 61.9 Å². The van der Waals surface area contributed by atoms with Crippen molar-refractivity contribution in [2.75, 3.05) is 11.4 Å². The van der Waals surface area contributed by atoms with Crippen LogP contribution in [0.1, 0.15) is 12.8 Å². The molecule has 3 rings (SSSR count). The van der Waals surface area contributed by atoms with Gasteiger partial charge in [-0.15, -0.1) is 0 Å². The van der Waals surface area contributed by atoms with E-state index in [1.54, 1.807) is 15.8 Å². The number of amides is 1. The van der Waals surface area contributed by atoms with Crippen LogP contribution in [-0.2, 0) is 11.8 Å². The lowest BCUT2D eigenvalue weighted by Crippen LogP contribution is -2.32. The van der Waals surface area contributed by atoms with Crippen molar-refractivity contribution in [1.82, 2.24) is 9.78 Å². The molecule has 0 aliphatic heterocycles. The van der Waals surface area contributed by atoms with Crippen LogP contribution in [0.25, 0.3) is 10.9 Å². The quantitative estimate of drug-likeness (QED) is 0.785. The summed E-state index contributed by atoms with van der Waals surface area (Å²) in [6.45, 7) is 0.0983. The summed E-state index contributed by atoms with van der Waals surface area (Å²) in [6, 6.07) is 7.79. The van der Waals surface area contributed by atoms with Crippen LogP contribution in [0.2, 0.25) is 0 Å². The summed E-state index contributed by atoms with van der Waals surface area (Å²) in [4.78, 5) is 13.8. The predicted molar refractivity (Wildman–Crippen MR) is 71.4 cm³/mol. The van der Waals surface area contributed by atoms with Crippen LogP contribution in [-0.4, -0.2) is 22.2 Å². The van der Waals surface area contributed by atoms with Gasteiger partial charge in [0.15, 0.2) is 0 Å². The number of hydrogen-bond acceptors (Lipinski definition) is 3. The zero-order valence-corrected chi connectivity index (χ0v) is 10.7. The van der Waals surface area contributed by atoms with Crippen LogP contribution < -0.4 is 4.90 Å². The van der Waals surface area contributed by atoms with Crippen molar-refractivity contribution >= 4 is 22.5 Å². The minimum atomic E-state index is 0.0600. The van der Waals surface area contributed by atoms with Crippen LogP contribution in [0.3, 0.4) is 0 Å². The Morgan fingerprint density at radius 3 is 3.05 bits per heavy atom. The smallest absolute Gasteiger partial charge is 0.231 e.